The molecular weight excluding hydrogens is 300 g/mol. The second-order valence-corrected chi connectivity index (χ2v) is 5.93. The van der Waals surface area contributed by atoms with Gasteiger partial charge in [0.05, 0.1) is 5.52 Å². The van der Waals surface area contributed by atoms with Crippen molar-refractivity contribution in [2.45, 2.75) is 20.0 Å². The molecule has 1 aliphatic rings. The number of fused-ring (bicyclic) bond motifs is 2. The Labute approximate surface area is 140 Å². The van der Waals surface area contributed by atoms with E-state index in [0.717, 1.165) is 10.9 Å². The highest BCUT2D eigenvalue weighted by atomic mass is 16.2. The minimum absolute atomic E-state index is 0.112. The first kappa shape index (κ1) is 14.6. The number of benzene rings is 2. The fourth-order valence-corrected chi connectivity index (χ4v) is 3.13. The number of nitrogens with two attached hydrogens (primary N) is 1. The molecule has 5 heteroatoms. The molecular formula is C19H17N4O. The molecule has 0 saturated heterocycles. The van der Waals surface area contributed by atoms with E-state index in [1.54, 1.807) is 4.90 Å². The van der Waals surface area contributed by atoms with Gasteiger partial charge in [-0.3, -0.25) is 4.79 Å². The molecule has 1 radical (unpaired) electrons. The van der Waals surface area contributed by atoms with Crippen LogP contribution in [0.4, 0.5) is 5.95 Å². The van der Waals surface area contributed by atoms with E-state index in [1.807, 2.05) is 43.7 Å². The maximum Gasteiger partial charge on any atom is 0.273 e. The van der Waals surface area contributed by atoms with Crippen LogP contribution in [0.15, 0.2) is 42.5 Å². The van der Waals surface area contributed by atoms with Crippen molar-refractivity contribution in [1.29, 1.82) is 0 Å². The molecule has 2 N–H and O–H groups in total. The Kier molecular flexibility index (Phi) is 3.41. The monoisotopic (exact) mass is 317 g/mol. The van der Waals surface area contributed by atoms with Gasteiger partial charge in [-0.2, -0.15) is 0 Å². The first-order chi connectivity index (χ1) is 11.7. The van der Waals surface area contributed by atoms with Gasteiger partial charge in [-0.15, -0.1) is 0 Å². The lowest BCUT2D eigenvalue weighted by atomic mass is 10.1. The number of hydrogen-bond donors (Lipinski definition) is 1. The van der Waals surface area contributed by atoms with Crippen LogP contribution < -0.4 is 5.73 Å². The number of hydrogen-bond acceptors (Lipinski definition) is 4. The summed E-state index contributed by atoms with van der Waals surface area (Å²) in [6.45, 7) is 3.15. The highest BCUT2D eigenvalue weighted by Gasteiger charge is 2.26. The van der Waals surface area contributed by atoms with Crippen molar-refractivity contribution in [1.82, 2.24) is 14.9 Å². The van der Waals surface area contributed by atoms with Crippen molar-refractivity contribution in [3.8, 4) is 0 Å². The fourth-order valence-electron chi connectivity index (χ4n) is 3.13. The standard InChI is InChI=1S/C19H17N4O/c1-2-12-7-8-16-15(9-12)17(22-19(20)21-16)18(24)23-10-13-5-3-4-6-14(13)11-23/h2-9H,10-11H2,1H3,(H2,20,21,22). The predicted molar refractivity (Wildman–Crippen MR) is 93.0 cm³/mol. The van der Waals surface area contributed by atoms with E-state index in [-0.39, 0.29) is 11.9 Å². The Morgan fingerprint density at radius 1 is 1.12 bits per heavy atom. The van der Waals surface area contributed by atoms with Gasteiger partial charge in [0.1, 0.15) is 5.69 Å². The number of carbonyl (C=O) groups excluding carboxylic acids is 1. The van der Waals surface area contributed by atoms with Crippen molar-refractivity contribution in [3.05, 3.63) is 71.3 Å². The minimum atomic E-state index is -0.112. The zero-order chi connectivity index (χ0) is 16.7. The lowest BCUT2D eigenvalue weighted by Gasteiger charge is -2.16. The summed E-state index contributed by atoms with van der Waals surface area (Å²) in [4.78, 5) is 23.3. The average Bonchev–Trinajstić information content (AvgIpc) is 3.04. The molecule has 0 bridgehead atoms. The van der Waals surface area contributed by atoms with Gasteiger partial charge < -0.3 is 10.6 Å². The summed E-state index contributed by atoms with van der Waals surface area (Å²) in [5, 5.41) is 0.737. The molecule has 0 fully saturated rings. The molecule has 4 rings (SSSR count). The van der Waals surface area contributed by atoms with E-state index < -0.39 is 0 Å². The van der Waals surface area contributed by atoms with Crippen molar-refractivity contribution in [2.75, 3.05) is 5.73 Å². The van der Waals surface area contributed by atoms with Crippen LogP contribution in [0.5, 0.6) is 0 Å². The first-order valence-electron chi connectivity index (χ1n) is 7.88. The van der Waals surface area contributed by atoms with Crippen LogP contribution in [-0.2, 0) is 13.1 Å². The number of anilines is 1. The van der Waals surface area contributed by atoms with E-state index in [0.29, 0.717) is 24.3 Å². The van der Waals surface area contributed by atoms with Crippen molar-refractivity contribution >= 4 is 22.8 Å². The Morgan fingerprint density at radius 3 is 2.50 bits per heavy atom. The SMILES string of the molecule is C[CH]c1ccc2nc(N)nc(C(=O)N3Cc4ccccc4C3)c2c1. The van der Waals surface area contributed by atoms with Gasteiger partial charge in [-0.25, -0.2) is 9.97 Å². The van der Waals surface area contributed by atoms with E-state index in [9.17, 15) is 4.79 Å². The van der Waals surface area contributed by atoms with Crippen LogP contribution in [0, 0.1) is 6.42 Å². The summed E-state index contributed by atoms with van der Waals surface area (Å²) in [6.07, 6.45) is 1.98. The molecule has 0 spiro atoms. The lowest BCUT2D eigenvalue weighted by molar-refractivity contribution is 0.0747. The number of amides is 1. The third-order valence-electron chi connectivity index (χ3n) is 4.40. The number of aromatic nitrogens is 2. The molecule has 1 amide bonds. The van der Waals surface area contributed by atoms with Crippen LogP contribution in [0.25, 0.3) is 10.9 Å². The van der Waals surface area contributed by atoms with Crippen LogP contribution in [0.2, 0.25) is 0 Å². The Bertz CT molecular complexity index is 926. The molecule has 1 aromatic heterocycles. The quantitative estimate of drug-likeness (QED) is 0.789. The average molecular weight is 317 g/mol. The Hall–Kier alpha value is -2.95. The summed E-state index contributed by atoms with van der Waals surface area (Å²) < 4.78 is 0. The molecule has 119 valence electrons. The number of carbonyl (C=O) groups is 1. The van der Waals surface area contributed by atoms with Gasteiger partial charge in [0.15, 0.2) is 0 Å². The van der Waals surface area contributed by atoms with Gasteiger partial charge in [-0.1, -0.05) is 37.3 Å². The minimum Gasteiger partial charge on any atom is -0.368 e. The molecule has 5 nitrogen and oxygen atoms in total. The normalized spacial score (nSPS) is 13.3. The smallest absolute Gasteiger partial charge is 0.273 e. The summed E-state index contributed by atoms with van der Waals surface area (Å²) in [5.74, 6) is 0.00865. The van der Waals surface area contributed by atoms with Gasteiger partial charge in [0.25, 0.3) is 5.91 Å². The van der Waals surface area contributed by atoms with E-state index in [4.69, 9.17) is 5.73 Å². The largest absolute Gasteiger partial charge is 0.368 e. The third-order valence-corrected chi connectivity index (χ3v) is 4.40. The van der Waals surface area contributed by atoms with E-state index >= 15 is 0 Å². The van der Waals surface area contributed by atoms with Crippen LogP contribution in [0.1, 0.15) is 34.1 Å². The molecule has 1 aliphatic heterocycles. The summed E-state index contributed by atoms with van der Waals surface area (Å²) >= 11 is 0. The van der Waals surface area contributed by atoms with Gasteiger partial charge >= 0.3 is 0 Å². The van der Waals surface area contributed by atoms with Gasteiger partial charge in [0, 0.05) is 18.5 Å². The molecule has 0 aliphatic carbocycles. The molecule has 0 unspecified atom stereocenters. The number of nitrogens with zero attached hydrogens (tertiary/aromatic N) is 3. The molecule has 0 saturated carbocycles. The molecule has 2 aromatic carbocycles. The zero-order valence-corrected chi connectivity index (χ0v) is 13.4. The topological polar surface area (TPSA) is 72.1 Å². The Balaban J connectivity index is 1.77. The van der Waals surface area contributed by atoms with Crippen LogP contribution in [-0.4, -0.2) is 20.8 Å². The fraction of sp³-hybridized carbons (Fsp3) is 0.158. The molecule has 0 atom stereocenters. The van der Waals surface area contributed by atoms with E-state index in [2.05, 4.69) is 22.1 Å². The second-order valence-electron chi connectivity index (χ2n) is 5.93. The first-order valence-corrected chi connectivity index (χ1v) is 7.88. The third kappa shape index (κ3) is 2.38. The maximum atomic E-state index is 13.1. The molecule has 24 heavy (non-hydrogen) atoms. The number of nitrogen functional groups attached to an aromatic ring is 1. The summed E-state index contributed by atoms with van der Waals surface area (Å²) in [5.41, 5.74) is 10.3. The summed E-state index contributed by atoms with van der Waals surface area (Å²) in [6, 6.07) is 13.9. The highest BCUT2D eigenvalue weighted by Crippen LogP contribution is 2.26. The zero-order valence-electron chi connectivity index (χ0n) is 13.4. The highest BCUT2D eigenvalue weighted by molar-refractivity contribution is 6.05. The van der Waals surface area contributed by atoms with Crippen molar-refractivity contribution in [3.63, 3.8) is 0 Å². The molecule has 2 heterocycles. The second kappa shape index (κ2) is 5.60. The van der Waals surface area contributed by atoms with Crippen LogP contribution in [0.3, 0.4) is 0 Å². The molecule has 3 aromatic rings. The van der Waals surface area contributed by atoms with Crippen LogP contribution >= 0.6 is 0 Å². The van der Waals surface area contributed by atoms with E-state index in [1.165, 1.54) is 11.1 Å². The predicted octanol–water partition coefficient (Wildman–Crippen LogP) is 2.94. The maximum absolute atomic E-state index is 13.1. The van der Waals surface area contributed by atoms with Gasteiger partial charge in [0.2, 0.25) is 5.95 Å². The van der Waals surface area contributed by atoms with Crippen molar-refractivity contribution < 1.29 is 4.79 Å². The summed E-state index contributed by atoms with van der Waals surface area (Å²) in [7, 11) is 0. The number of rotatable bonds is 2. The lowest BCUT2D eigenvalue weighted by Crippen LogP contribution is -2.27. The van der Waals surface area contributed by atoms with Crippen molar-refractivity contribution in [2.24, 2.45) is 0 Å². The Morgan fingerprint density at radius 2 is 1.83 bits per heavy atom. The van der Waals surface area contributed by atoms with Gasteiger partial charge in [-0.05, 0) is 35.2 Å².